The van der Waals surface area contributed by atoms with Crippen LogP contribution in [-0.4, -0.2) is 24.0 Å². The first-order valence-corrected chi connectivity index (χ1v) is 7.00. The highest BCUT2D eigenvalue weighted by atomic mass is 19.4. The van der Waals surface area contributed by atoms with E-state index in [0.29, 0.717) is 5.56 Å². The normalized spacial score (nSPS) is 13.9. The average Bonchev–Trinajstić information content (AvgIpc) is 2.53. The van der Waals surface area contributed by atoms with Crippen LogP contribution in [0.4, 0.5) is 17.6 Å². The van der Waals surface area contributed by atoms with Gasteiger partial charge in [-0.3, -0.25) is 0 Å². The quantitative estimate of drug-likeness (QED) is 0.847. The predicted octanol–water partition coefficient (Wildman–Crippen LogP) is 4.00. The third-order valence-electron chi connectivity index (χ3n) is 3.52. The number of benzene rings is 2. The van der Waals surface area contributed by atoms with Crippen LogP contribution in [0.25, 0.3) is 5.57 Å². The highest BCUT2D eigenvalue weighted by Crippen LogP contribution is 2.40. The summed E-state index contributed by atoms with van der Waals surface area (Å²) in [5.41, 5.74) is 0.467. The Balaban J connectivity index is 2.17. The molecule has 2 aromatic carbocycles. The Morgan fingerprint density at radius 1 is 1.12 bits per heavy atom. The number of hydrogen-bond acceptors (Lipinski definition) is 3. The topological polar surface area (TPSA) is 55.8 Å². The first-order valence-electron chi connectivity index (χ1n) is 7.00. The Morgan fingerprint density at radius 3 is 2.40 bits per heavy atom. The van der Waals surface area contributed by atoms with Gasteiger partial charge in [0.15, 0.2) is 0 Å². The van der Waals surface area contributed by atoms with E-state index in [1.807, 2.05) is 0 Å². The van der Waals surface area contributed by atoms with Crippen molar-refractivity contribution in [3.05, 3.63) is 65.0 Å². The number of hydrogen-bond donors (Lipinski definition) is 1. The molecule has 25 heavy (non-hydrogen) atoms. The summed E-state index contributed by atoms with van der Waals surface area (Å²) >= 11 is 0. The van der Waals surface area contributed by atoms with Crippen LogP contribution in [0.3, 0.4) is 0 Å². The van der Waals surface area contributed by atoms with Crippen molar-refractivity contribution in [2.45, 2.75) is 6.36 Å². The first-order chi connectivity index (χ1) is 11.7. The number of carboxylic acids is 1. The second-order valence-corrected chi connectivity index (χ2v) is 5.16. The summed E-state index contributed by atoms with van der Waals surface area (Å²) in [4.78, 5) is 11.5. The predicted molar refractivity (Wildman–Crippen MR) is 78.7 cm³/mol. The average molecular weight is 354 g/mol. The third kappa shape index (κ3) is 3.57. The Kier molecular flexibility index (Phi) is 4.12. The minimum absolute atomic E-state index is 0.122. The largest absolute Gasteiger partial charge is 0.573 e. The number of fused-ring (bicyclic) bond motifs is 1. The van der Waals surface area contributed by atoms with Gasteiger partial charge in [0, 0.05) is 11.1 Å². The maximum atomic E-state index is 13.2. The summed E-state index contributed by atoms with van der Waals surface area (Å²) in [6.07, 6.45) is -4.89. The van der Waals surface area contributed by atoms with Crippen molar-refractivity contribution < 1.29 is 36.9 Å². The van der Waals surface area contributed by atoms with Crippen LogP contribution in [-0.2, 0) is 4.79 Å². The van der Waals surface area contributed by atoms with E-state index in [9.17, 15) is 27.5 Å². The number of aliphatic carboxylic acids is 1. The molecular formula is C17H10F4O4. The lowest BCUT2D eigenvalue weighted by Crippen LogP contribution is -2.20. The van der Waals surface area contributed by atoms with Crippen LogP contribution in [0.15, 0.2) is 48.0 Å². The van der Waals surface area contributed by atoms with Crippen molar-refractivity contribution in [1.29, 1.82) is 0 Å². The molecular weight excluding hydrogens is 344 g/mol. The number of carbonyl (C=O) groups is 1. The Hall–Kier alpha value is -3.03. The van der Waals surface area contributed by atoms with Crippen molar-refractivity contribution in [3.8, 4) is 11.5 Å². The fourth-order valence-corrected chi connectivity index (χ4v) is 2.53. The lowest BCUT2D eigenvalue weighted by molar-refractivity contribution is -0.274. The van der Waals surface area contributed by atoms with Gasteiger partial charge >= 0.3 is 12.3 Å². The lowest BCUT2D eigenvalue weighted by Gasteiger charge is -2.23. The van der Waals surface area contributed by atoms with Crippen LogP contribution in [0, 0.1) is 5.82 Å². The van der Waals surface area contributed by atoms with Gasteiger partial charge in [0.25, 0.3) is 0 Å². The monoisotopic (exact) mass is 354 g/mol. The van der Waals surface area contributed by atoms with E-state index in [1.165, 1.54) is 18.2 Å². The molecule has 0 aromatic heterocycles. The van der Waals surface area contributed by atoms with Crippen molar-refractivity contribution in [2.75, 3.05) is 6.61 Å². The van der Waals surface area contributed by atoms with Gasteiger partial charge in [-0.15, -0.1) is 13.2 Å². The Labute approximate surface area is 138 Å². The highest BCUT2D eigenvalue weighted by molar-refractivity contribution is 6.03. The summed E-state index contributed by atoms with van der Waals surface area (Å²) in [7, 11) is 0. The Morgan fingerprint density at radius 2 is 1.80 bits per heavy atom. The highest BCUT2D eigenvalue weighted by Gasteiger charge is 2.32. The molecule has 0 amide bonds. The van der Waals surface area contributed by atoms with E-state index >= 15 is 0 Å². The molecule has 1 aliphatic rings. The molecule has 0 fully saturated rings. The molecule has 0 bridgehead atoms. The fourth-order valence-electron chi connectivity index (χ4n) is 2.53. The Bertz CT molecular complexity index is 854. The molecule has 4 nitrogen and oxygen atoms in total. The van der Waals surface area contributed by atoms with Crippen molar-refractivity contribution >= 4 is 11.5 Å². The minimum Gasteiger partial charge on any atom is -0.488 e. The number of carboxylic acid groups (broad SMARTS) is 1. The second-order valence-electron chi connectivity index (χ2n) is 5.16. The molecule has 0 saturated carbocycles. The summed E-state index contributed by atoms with van der Waals surface area (Å²) < 4.78 is 59.7. The summed E-state index contributed by atoms with van der Waals surface area (Å²) in [6, 6.07) is 8.34. The van der Waals surface area contributed by atoms with Crippen molar-refractivity contribution in [1.82, 2.24) is 0 Å². The zero-order valence-electron chi connectivity index (χ0n) is 12.4. The summed E-state index contributed by atoms with van der Waals surface area (Å²) in [5.74, 6) is -2.12. The number of rotatable bonds is 3. The third-order valence-corrected chi connectivity index (χ3v) is 3.52. The molecule has 0 spiro atoms. The fraction of sp³-hybridized carbons (Fsp3) is 0.118. The van der Waals surface area contributed by atoms with E-state index in [2.05, 4.69) is 4.74 Å². The van der Waals surface area contributed by atoms with Gasteiger partial charge in [0.2, 0.25) is 0 Å². The molecule has 2 aromatic rings. The van der Waals surface area contributed by atoms with Crippen LogP contribution < -0.4 is 9.47 Å². The number of ether oxygens (including phenoxy) is 2. The molecule has 8 heteroatoms. The van der Waals surface area contributed by atoms with Crippen molar-refractivity contribution in [2.24, 2.45) is 0 Å². The molecule has 0 radical (unpaired) electrons. The molecule has 130 valence electrons. The lowest BCUT2D eigenvalue weighted by atomic mass is 9.90. The van der Waals surface area contributed by atoms with Gasteiger partial charge in [-0.05, 0) is 35.9 Å². The molecule has 3 rings (SSSR count). The van der Waals surface area contributed by atoms with Crippen molar-refractivity contribution in [3.63, 3.8) is 0 Å². The standard InChI is InChI=1S/C17H10F4O4/c18-10-3-1-9(2-4-10)15-12-7-11(25-17(19,20)21)5-6-14(12)24-8-13(15)16(22)23/h1-7H,8H2,(H,22,23). The maximum absolute atomic E-state index is 13.2. The number of alkyl halides is 3. The summed E-state index contributed by atoms with van der Waals surface area (Å²) in [5, 5.41) is 9.38. The second kappa shape index (κ2) is 6.12. The van der Waals surface area contributed by atoms with Gasteiger partial charge in [0.1, 0.15) is 23.9 Å². The summed E-state index contributed by atoms with van der Waals surface area (Å²) in [6.45, 7) is -0.269. The molecule has 0 atom stereocenters. The van der Waals surface area contributed by atoms with E-state index in [0.717, 1.165) is 24.3 Å². The number of halogens is 4. The zero-order valence-corrected chi connectivity index (χ0v) is 12.4. The molecule has 0 aliphatic carbocycles. The molecule has 1 aliphatic heterocycles. The molecule has 0 saturated heterocycles. The van der Waals surface area contributed by atoms with Gasteiger partial charge in [0.05, 0.1) is 5.57 Å². The van der Waals surface area contributed by atoms with Crippen LogP contribution in [0.2, 0.25) is 0 Å². The van der Waals surface area contributed by atoms with Crippen LogP contribution >= 0.6 is 0 Å². The van der Waals surface area contributed by atoms with Gasteiger partial charge in [-0.2, -0.15) is 0 Å². The van der Waals surface area contributed by atoms with Gasteiger partial charge < -0.3 is 14.6 Å². The SMILES string of the molecule is O=C(O)C1=C(c2ccc(F)cc2)c2cc(OC(F)(F)F)ccc2OC1. The van der Waals surface area contributed by atoms with Gasteiger partial charge in [-0.1, -0.05) is 12.1 Å². The molecule has 1 heterocycles. The smallest absolute Gasteiger partial charge is 0.488 e. The van der Waals surface area contributed by atoms with E-state index < -0.39 is 23.9 Å². The molecule has 1 N–H and O–H groups in total. The van der Waals surface area contributed by atoms with Crippen LogP contribution in [0.1, 0.15) is 11.1 Å². The first kappa shape index (κ1) is 16.8. The minimum atomic E-state index is -4.89. The van der Waals surface area contributed by atoms with E-state index in [4.69, 9.17) is 4.74 Å². The van der Waals surface area contributed by atoms with E-state index in [-0.39, 0.29) is 29.1 Å². The van der Waals surface area contributed by atoms with Crippen LogP contribution in [0.5, 0.6) is 11.5 Å². The molecule has 0 unspecified atom stereocenters. The van der Waals surface area contributed by atoms with Gasteiger partial charge in [-0.25, -0.2) is 9.18 Å². The zero-order chi connectivity index (χ0) is 18.2. The maximum Gasteiger partial charge on any atom is 0.573 e. The van der Waals surface area contributed by atoms with E-state index in [1.54, 1.807) is 0 Å².